The Balaban J connectivity index is 2.12. The minimum Gasteiger partial charge on any atom is -0.530 e. The first kappa shape index (κ1) is 13.7. The van der Waals surface area contributed by atoms with E-state index in [2.05, 4.69) is 25.7 Å². The summed E-state index contributed by atoms with van der Waals surface area (Å²) in [5, 5.41) is 10.9. The van der Waals surface area contributed by atoms with Gasteiger partial charge in [0.1, 0.15) is 6.09 Å². The van der Waals surface area contributed by atoms with Crippen LogP contribution in [0.3, 0.4) is 0 Å². The van der Waals surface area contributed by atoms with Crippen LogP contribution in [0.15, 0.2) is 0 Å². The molecule has 0 aromatic rings. The molecule has 0 atom stereocenters. The molecule has 2 rings (SSSR count). The van der Waals surface area contributed by atoms with E-state index in [0.29, 0.717) is 13.1 Å². The topological polar surface area (TPSA) is 46.6 Å². The SMILES string of the molecule is CC(C)(C)N1CCCCC12CCN(C(=O)[O-])CC2. The fourth-order valence-electron chi connectivity index (χ4n) is 3.77. The van der Waals surface area contributed by atoms with E-state index in [1.807, 2.05) is 0 Å². The van der Waals surface area contributed by atoms with Gasteiger partial charge in [0, 0.05) is 24.2 Å². The smallest absolute Gasteiger partial charge is 0.136 e. The highest BCUT2D eigenvalue weighted by atomic mass is 16.4. The minimum absolute atomic E-state index is 0.171. The molecule has 0 bridgehead atoms. The van der Waals surface area contributed by atoms with E-state index >= 15 is 0 Å². The molecule has 2 saturated heterocycles. The van der Waals surface area contributed by atoms with Gasteiger partial charge >= 0.3 is 0 Å². The summed E-state index contributed by atoms with van der Waals surface area (Å²) in [6.07, 6.45) is 4.66. The molecule has 0 saturated carbocycles. The van der Waals surface area contributed by atoms with Crippen LogP contribution in [-0.4, -0.2) is 46.6 Å². The number of hydrogen-bond acceptors (Lipinski definition) is 3. The summed E-state index contributed by atoms with van der Waals surface area (Å²) < 4.78 is 0. The molecular weight excluding hydrogens is 228 g/mol. The molecule has 1 amide bonds. The molecule has 0 unspecified atom stereocenters. The van der Waals surface area contributed by atoms with Crippen LogP contribution in [0.25, 0.3) is 0 Å². The van der Waals surface area contributed by atoms with Crippen molar-refractivity contribution in [2.45, 2.75) is 64.0 Å². The average Bonchev–Trinajstić information content (AvgIpc) is 2.28. The molecule has 2 aliphatic rings. The normalized spacial score (nSPS) is 25.4. The van der Waals surface area contributed by atoms with Crippen LogP contribution in [-0.2, 0) is 0 Å². The number of amides is 1. The zero-order valence-corrected chi connectivity index (χ0v) is 11.9. The summed E-state index contributed by atoms with van der Waals surface area (Å²) in [4.78, 5) is 15.0. The quantitative estimate of drug-likeness (QED) is 0.656. The Morgan fingerprint density at radius 2 is 1.67 bits per heavy atom. The first-order chi connectivity index (χ1) is 8.35. The second kappa shape index (κ2) is 4.72. The minimum atomic E-state index is -1.01. The third-order valence-electron chi connectivity index (χ3n) is 4.61. The second-order valence-corrected chi connectivity index (χ2v) is 6.76. The highest BCUT2D eigenvalue weighted by Crippen LogP contribution is 2.41. The van der Waals surface area contributed by atoms with Crippen molar-refractivity contribution in [1.29, 1.82) is 0 Å². The van der Waals surface area contributed by atoms with Crippen LogP contribution in [0.5, 0.6) is 0 Å². The fourth-order valence-corrected chi connectivity index (χ4v) is 3.77. The molecule has 0 aliphatic carbocycles. The number of likely N-dealkylation sites (tertiary alicyclic amines) is 2. The summed E-state index contributed by atoms with van der Waals surface area (Å²) in [5.74, 6) is 0. The van der Waals surface area contributed by atoms with E-state index < -0.39 is 6.09 Å². The molecule has 0 aromatic heterocycles. The zero-order valence-electron chi connectivity index (χ0n) is 11.9. The van der Waals surface area contributed by atoms with Gasteiger partial charge in [0.25, 0.3) is 0 Å². The Morgan fingerprint density at radius 3 is 2.17 bits per heavy atom. The summed E-state index contributed by atoms with van der Waals surface area (Å²) in [6, 6.07) is 0. The van der Waals surface area contributed by atoms with E-state index in [9.17, 15) is 9.90 Å². The van der Waals surface area contributed by atoms with E-state index in [1.54, 1.807) is 0 Å². The van der Waals surface area contributed by atoms with Gasteiger partial charge < -0.3 is 14.8 Å². The predicted octanol–water partition coefficient (Wildman–Crippen LogP) is 1.45. The number of hydrogen-bond donors (Lipinski definition) is 0. The molecule has 1 spiro atoms. The lowest BCUT2D eigenvalue weighted by Gasteiger charge is -2.56. The van der Waals surface area contributed by atoms with Crippen LogP contribution in [0.1, 0.15) is 52.9 Å². The van der Waals surface area contributed by atoms with Crippen molar-refractivity contribution in [3.05, 3.63) is 0 Å². The third kappa shape index (κ3) is 2.48. The van der Waals surface area contributed by atoms with Crippen molar-refractivity contribution in [1.82, 2.24) is 9.80 Å². The van der Waals surface area contributed by atoms with Crippen LogP contribution in [0.2, 0.25) is 0 Å². The summed E-state index contributed by atoms with van der Waals surface area (Å²) in [5.41, 5.74) is 0.395. The predicted molar refractivity (Wildman–Crippen MR) is 69.2 cm³/mol. The Morgan fingerprint density at radius 1 is 1.06 bits per heavy atom. The average molecular weight is 253 g/mol. The van der Waals surface area contributed by atoms with Crippen LogP contribution < -0.4 is 5.11 Å². The lowest BCUT2D eigenvalue weighted by atomic mass is 9.76. The van der Waals surface area contributed by atoms with Crippen molar-refractivity contribution in [2.24, 2.45) is 0 Å². The van der Waals surface area contributed by atoms with E-state index in [4.69, 9.17) is 0 Å². The van der Waals surface area contributed by atoms with Gasteiger partial charge in [-0.2, -0.15) is 0 Å². The lowest BCUT2D eigenvalue weighted by molar-refractivity contribution is -0.267. The van der Waals surface area contributed by atoms with E-state index in [-0.39, 0.29) is 11.1 Å². The maximum Gasteiger partial charge on any atom is 0.136 e. The molecular formula is C14H25N2O2-. The van der Waals surface area contributed by atoms with Crippen molar-refractivity contribution in [2.75, 3.05) is 19.6 Å². The maximum absolute atomic E-state index is 10.9. The van der Waals surface area contributed by atoms with Crippen LogP contribution >= 0.6 is 0 Å². The van der Waals surface area contributed by atoms with Gasteiger partial charge in [-0.15, -0.1) is 0 Å². The highest BCUT2D eigenvalue weighted by Gasteiger charge is 2.45. The van der Waals surface area contributed by atoms with Crippen LogP contribution in [0, 0.1) is 0 Å². The molecule has 4 heteroatoms. The molecule has 0 radical (unpaired) electrons. The standard InChI is InChI=1S/C14H26N2O2/c1-13(2,3)16-9-5-4-6-14(16)7-10-15(11-8-14)12(17)18/h4-11H2,1-3H3,(H,17,18)/p-1. The summed E-state index contributed by atoms with van der Waals surface area (Å²) >= 11 is 0. The Labute approximate surface area is 110 Å². The van der Waals surface area contributed by atoms with E-state index in [1.165, 1.54) is 24.2 Å². The molecule has 104 valence electrons. The molecule has 18 heavy (non-hydrogen) atoms. The van der Waals surface area contributed by atoms with Crippen LogP contribution in [0.4, 0.5) is 4.79 Å². The van der Waals surface area contributed by atoms with Gasteiger partial charge in [0.15, 0.2) is 0 Å². The van der Waals surface area contributed by atoms with Gasteiger partial charge in [-0.3, -0.25) is 4.90 Å². The Kier molecular flexibility index (Phi) is 3.58. The van der Waals surface area contributed by atoms with Gasteiger partial charge in [-0.1, -0.05) is 6.42 Å². The van der Waals surface area contributed by atoms with Crippen molar-refractivity contribution < 1.29 is 9.90 Å². The van der Waals surface area contributed by atoms with Gasteiger partial charge in [0.05, 0.1) is 0 Å². The first-order valence-electron chi connectivity index (χ1n) is 7.09. The molecule has 4 nitrogen and oxygen atoms in total. The molecule has 2 fully saturated rings. The van der Waals surface area contributed by atoms with Gasteiger partial charge in [0.2, 0.25) is 0 Å². The molecule has 0 N–H and O–H groups in total. The molecule has 2 heterocycles. The fraction of sp³-hybridized carbons (Fsp3) is 0.929. The largest absolute Gasteiger partial charge is 0.530 e. The summed E-state index contributed by atoms with van der Waals surface area (Å²) in [6.45, 7) is 9.22. The Hall–Kier alpha value is -0.770. The number of nitrogens with zero attached hydrogens (tertiary/aromatic N) is 2. The summed E-state index contributed by atoms with van der Waals surface area (Å²) in [7, 11) is 0. The second-order valence-electron chi connectivity index (χ2n) is 6.76. The number of carboxylic acid groups (broad SMARTS) is 1. The zero-order chi connectivity index (χ0) is 13.4. The van der Waals surface area contributed by atoms with Gasteiger partial charge in [-0.25, -0.2) is 0 Å². The molecule has 0 aromatic carbocycles. The molecule has 2 aliphatic heterocycles. The van der Waals surface area contributed by atoms with Crippen molar-refractivity contribution in [3.8, 4) is 0 Å². The Bertz CT molecular complexity index is 314. The lowest BCUT2D eigenvalue weighted by Crippen LogP contribution is -2.64. The number of carbonyl (C=O) groups excluding carboxylic acids is 1. The van der Waals surface area contributed by atoms with Crippen molar-refractivity contribution in [3.63, 3.8) is 0 Å². The first-order valence-corrected chi connectivity index (χ1v) is 7.09. The maximum atomic E-state index is 10.9. The highest BCUT2D eigenvalue weighted by molar-refractivity contribution is 5.62. The third-order valence-corrected chi connectivity index (χ3v) is 4.61. The van der Waals surface area contributed by atoms with Crippen molar-refractivity contribution >= 4 is 6.09 Å². The van der Waals surface area contributed by atoms with Gasteiger partial charge in [-0.05, 0) is 53.0 Å². The number of carbonyl (C=O) groups is 1. The number of rotatable bonds is 0. The number of piperidine rings is 2. The van der Waals surface area contributed by atoms with E-state index in [0.717, 1.165) is 19.4 Å². The monoisotopic (exact) mass is 253 g/mol.